The summed E-state index contributed by atoms with van der Waals surface area (Å²) in [5.74, 6) is 4.54. The number of rotatable bonds is 7. The molecule has 0 bridgehead atoms. The van der Waals surface area contributed by atoms with Crippen LogP contribution in [0, 0.1) is 12.3 Å². The maximum atomic E-state index is 5.18. The SMILES string of the molecule is C#CCSCCNC(CC)c1cccs1. The van der Waals surface area contributed by atoms with Gasteiger partial charge in [-0.3, -0.25) is 0 Å². The van der Waals surface area contributed by atoms with E-state index in [9.17, 15) is 0 Å². The minimum absolute atomic E-state index is 0.511. The zero-order valence-corrected chi connectivity index (χ0v) is 10.7. The Hall–Kier alpha value is -0.430. The van der Waals surface area contributed by atoms with Crippen molar-refractivity contribution in [1.29, 1.82) is 0 Å². The van der Waals surface area contributed by atoms with Gasteiger partial charge in [0.15, 0.2) is 0 Å². The van der Waals surface area contributed by atoms with Crippen molar-refractivity contribution in [3.05, 3.63) is 22.4 Å². The predicted octanol–water partition coefficient (Wildman–Crippen LogP) is 3.16. The highest BCUT2D eigenvalue weighted by Crippen LogP contribution is 2.21. The van der Waals surface area contributed by atoms with Gasteiger partial charge in [0.25, 0.3) is 0 Å². The zero-order chi connectivity index (χ0) is 10.9. The van der Waals surface area contributed by atoms with Gasteiger partial charge in [-0.25, -0.2) is 0 Å². The molecule has 0 saturated carbocycles. The molecule has 0 aliphatic carbocycles. The quantitative estimate of drug-likeness (QED) is 0.579. The molecule has 0 radical (unpaired) electrons. The van der Waals surface area contributed by atoms with Crippen molar-refractivity contribution < 1.29 is 0 Å². The van der Waals surface area contributed by atoms with Gasteiger partial charge in [0.2, 0.25) is 0 Å². The first-order valence-corrected chi connectivity index (χ1v) is 7.20. The van der Waals surface area contributed by atoms with E-state index in [0.29, 0.717) is 6.04 Å². The molecule has 1 atom stereocenters. The number of nitrogens with one attached hydrogen (secondary N) is 1. The Balaban J connectivity index is 2.21. The van der Waals surface area contributed by atoms with Gasteiger partial charge in [-0.2, -0.15) is 0 Å². The van der Waals surface area contributed by atoms with E-state index in [1.807, 2.05) is 23.1 Å². The van der Waals surface area contributed by atoms with Crippen LogP contribution in [0.1, 0.15) is 24.3 Å². The van der Waals surface area contributed by atoms with Crippen molar-refractivity contribution in [2.45, 2.75) is 19.4 Å². The Kier molecular flexibility index (Phi) is 6.58. The van der Waals surface area contributed by atoms with E-state index >= 15 is 0 Å². The van der Waals surface area contributed by atoms with Gasteiger partial charge in [0, 0.05) is 23.2 Å². The minimum atomic E-state index is 0.511. The van der Waals surface area contributed by atoms with Gasteiger partial charge in [0.05, 0.1) is 5.75 Å². The first-order valence-electron chi connectivity index (χ1n) is 5.16. The highest BCUT2D eigenvalue weighted by Gasteiger charge is 2.08. The standard InChI is InChI=1S/C12H17NS2/c1-3-8-14-10-7-13-11(4-2)12-6-5-9-15-12/h1,5-6,9,11,13H,4,7-8,10H2,2H3. The largest absolute Gasteiger partial charge is 0.308 e. The fraction of sp³-hybridized carbons (Fsp3) is 0.500. The molecular weight excluding hydrogens is 222 g/mol. The highest BCUT2D eigenvalue weighted by molar-refractivity contribution is 7.99. The van der Waals surface area contributed by atoms with Crippen molar-refractivity contribution in [2.75, 3.05) is 18.1 Å². The molecule has 0 aliphatic rings. The second-order valence-electron chi connectivity index (χ2n) is 3.19. The number of hydrogen-bond acceptors (Lipinski definition) is 3. The molecule has 1 rings (SSSR count). The lowest BCUT2D eigenvalue weighted by Gasteiger charge is -2.14. The highest BCUT2D eigenvalue weighted by atomic mass is 32.2. The molecule has 0 saturated heterocycles. The van der Waals surface area contributed by atoms with Crippen LogP contribution in [0.3, 0.4) is 0 Å². The molecule has 1 aromatic heterocycles. The summed E-state index contributed by atoms with van der Waals surface area (Å²) >= 11 is 3.63. The second kappa shape index (κ2) is 7.81. The molecular formula is C12H17NS2. The first kappa shape index (κ1) is 12.6. The molecule has 82 valence electrons. The summed E-state index contributed by atoms with van der Waals surface area (Å²) in [4.78, 5) is 1.43. The van der Waals surface area contributed by atoms with Crippen molar-refractivity contribution >= 4 is 23.1 Å². The molecule has 0 aliphatic heterocycles. The van der Waals surface area contributed by atoms with E-state index in [2.05, 4.69) is 35.7 Å². The molecule has 1 nitrogen and oxygen atoms in total. The van der Waals surface area contributed by atoms with Crippen LogP contribution in [0.25, 0.3) is 0 Å². The van der Waals surface area contributed by atoms with E-state index in [0.717, 1.165) is 24.5 Å². The van der Waals surface area contributed by atoms with E-state index in [-0.39, 0.29) is 0 Å². The molecule has 0 aromatic carbocycles. The van der Waals surface area contributed by atoms with Crippen LogP contribution >= 0.6 is 23.1 Å². The number of thioether (sulfide) groups is 1. The Morgan fingerprint density at radius 1 is 1.67 bits per heavy atom. The third-order valence-electron chi connectivity index (χ3n) is 2.12. The lowest BCUT2D eigenvalue weighted by molar-refractivity contribution is 0.548. The summed E-state index contributed by atoms with van der Waals surface area (Å²) in [5.41, 5.74) is 0. The van der Waals surface area contributed by atoms with Crippen molar-refractivity contribution in [2.24, 2.45) is 0 Å². The van der Waals surface area contributed by atoms with Crippen molar-refractivity contribution in [3.63, 3.8) is 0 Å². The molecule has 1 unspecified atom stereocenters. The normalized spacial score (nSPS) is 12.3. The number of terminal acetylenes is 1. The molecule has 0 amide bonds. The monoisotopic (exact) mass is 239 g/mol. The first-order chi connectivity index (χ1) is 7.38. The van der Waals surface area contributed by atoms with Gasteiger partial charge in [-0.1, -0.05) is 18.9 Å². The van der Waals surface area contributed by atoms with Gasteiger partial charge in [-0.15, -0.1) is 29.5 Å². The molecule has 1 N–H and O–H groups in total. The fourth-order valence-electron chi connectivity index (χ4n) is 1.37. The van der Waals surface area contributed by atoms with Gasteiger partial charge in [-0.05, 0) is 17.9 Å². The average Bonchev–Trinajstić information content (AvgIpc) is 2.77. The van der Waals surface area contributed by atoms with Crippen LogP contribution in [-0.2, 0) is 0 Å². The van der Waals surface area contributed by atoms with Crippen LogP contribution in [0.2, 0.25) is 0 Å². The van der Waals surface area contributed by atoms with E-state index in [1.54, 1.807) is 0 Å². The predicted molar refractivity (Wildman–Crippen MR) is 71.5 cm³/mol. The molecule has 15 heavy (non-hydrogen) atoms. The van der Waals surface area contributed by atoms with Crippen molar-refractivity contribution in [3.8, 4) is 12.3 Å². The van der Waals surface area contributed by atoms with Crippen LogP contribution in [0.15, 0.2) is 17.5 Å². The van der Waals surface area contributed by atoms with Crippen LogP contribution in [0.4, 0.5) is 0 Å². The molecule has 0 spiro atoms. The molecule has 3 heteroatoms. The smallest absolute Gasteiger partial charge is 0.0545 e. The maximum Gasteiger partial charge on any atom is 0.0545 e. The lowest BCUT2D eigenvalue weighted by atomic mass is 10.2. The topological polar surface area (TPSA) is 12.0 Å². The number of hydrogen-bond donors (Lipinski definition) is 1. The third kappa shape index (κ3) is 4.74. The zero-order valence-electron chi connectivity index (χ0n) is 9.03. The summed E-state index contributed by atoms with van der Waals surface area (Å²) in [6.45, 7) is 3.24. The second-order valence-corrected chi connectivity index (χ2v) is 5.27. The van der Waals surface area contributed by atoms with Crippen LogP contribution < -0.4 is 5.32 Å². The van der Waals surface area contributed by atoms with Crippen LogP contribution in [-0.4, -0.2) is 18.1 Å². The molecule has 1 heterocycles. The molecule has 1 aromatic rings. The minimum Gasteiger partial charge on any atom is -0.308 e. The van der Waals surface area contributed by atoms with Crippen LogP contribution in [0.5, 0.6) is 0 Å². The Morgan fingerprint density at radius 2 is 2.53 bits per heavy atom. The van der Waals surface area contributed by atoms with E-state index < -0.39 is 0 Å². The average molecular weight is 239 g/mol. The molecule has 0 fully saturated rings. The summed E-state index contributed by atoms with van der Waals surface area (Å²) in [6, 6.07) is 4.81. The van der Waals surface area contributed by atoms with E-state index in [4.69, 9.17) is 6.42 Å². The van der Waals surface area contributed by atoms with Gasteiger partial charge >= 0.3 is 0 Å². The van der Waals surface area contributed by atoms with Crippen molar-refractivity contribution in [1.82, 2.24) is 5.32 Å². The lowest BCUT2D eigenvalue weighted by Crippen LogP contribution is -2.22. The Bertz CT molecular complexity index is 287. The van der Waals surface area contributed by atoms with E-state index in [1.165, 1.54) is 4.88 Å². The Labute approximate surface area is 101 Å². The summed E-state index contributed by atoms with van der Waals surface area (Å²) in [5, 5.41) is 5.68. The third-order valence-corrected chi connectivity index (χ3v) is 3.97. The number of thiophene rings is 1. The summed E-state index contributed by atoms with van der Waals surface area (Å²) in [6.07, 6.45) is 6.32. The summed E-state index contributed by atoms with van der Waals surface area (Å²) < 4.78 is 0. The fourth-order valence-corrected chi connectivity index (χ4v) is 2.78. The Morgan fingerprint density at radius 3 is 3.13 bits per heavy atom. The van der Waals surface area contributed by atoms with Gasteiger partial charge < -0.3 is 5.32 Å². The van der Waals surface area contributed by atoms with Gasteiger partial charge in [0.1, 0.15) is 0 Å². The summed E-state index contributed by atoms with van der Waals surface area (Å²) in [7, 11) is 0. The maximum absolute atomic E-state index is 5.18.